The monoisotopic (exact) mass is 352 g/mol. The molecule has 4 heteroatoms. The van der Waals surface area contributed by atoms with Crippen molar-refractivity contribution in [3.05, 3.63) is 11.6 Å². The average molecular weight is 353 g/mol. The Morgan fingerprint density at radius 2 is 2.33 bits per heavy atom. The van der Waals surface area contributed by atoms with Gasteiger partial charge in [-0.25, -0.2) is 0 Å². The van der Waals surface area contributed by atoms with Gasteiger partial charge in [0.05, 0.1) is 6.10 Å². The predicted molar refractivity (Wildman–Crippen MR) is 90.1 cm³/mol. The third kappa shape index (κ3) is 3.71. The van der Waals surface area contributed by atoms with Gasteiger partial charge in [0.15, 0.2) is 0 Å². The molecule has 0 spiro atoms. The summed E-state index contributed by atoms with van der Waals surface area (Å²) in [6, 6.07) is 0. The molecule has 0 bridgehead atoms. The lowest BCUT2D eigenvalue weighted by atomic mass is 9.77. The molecule has 0 aromatic heterocycles. The van der Waals surface area contributed by atoms with E-state index >= 15 is 0 Å². The molecule has 1 aliphatic heterocycles. The number of ether oxygens (including phenoxy) is 1. The lowest BCUT2D eigenvalue weighted by Crippen LogP contribution is -2.33. The van der Waals surface area contributed by atoms with Crippen molar-refractivity contribution in [1.29, 1.82) is 0 Å². The molecule has 1 fully saturated rings. The molecule has 0 saturated carbocycles. The zero-order chi connectivity index (χ0) is 13.2. The molecular weight excluding hydrogens is 328 g/mol. The van der Waals surface area contributed by atoms with Crippen LogP contribution in [0.15, 0.2) is 11.6 Å². The quantitative estimate of drug-likeness (QED) is 0.664. The summed E-state index contributed by atoms with van der Waals surface area (Å²) >= 11 is 6.23. The minimum Gasteiger partial charge on any atom is -0.381 e. The van der Waals surface area contributed by atoms with Crippen LogP contribution >= 0.6 is 35.0 Å². The van der Waals surface area contributed by atoms with Crippen LogP contribution in [-0.2, 0) is 4.74 Å². The van der Waals surface area contributed by atoms with Gasteiger partial charge in [0, 0.05) is 23.4 Å². The van der Waals surface area contributed by atoms with Crippen LogP contribution < -0.4 is 0 Å². The van der Waals surface area contributed by atoms with Crippen LogP contribution in [0.3, 0.4) is 0 Å². The molecule has 1 nitrogen and oxygen atoms in total. The van der Waals surface area contributed by atoms with Gasteiger partial charge in [0.2, 0.25) is 0 Å². The maximum atomic E-state index is 5.62. The molecule has 18 heavy (non-hydrogen) atoms. The fourth-order valence-corrected chi connectivity index (χ4v) is 10.5. The van der Waals surface area contributed by atoms with E-state index < -0.39 is 8.46 Å². The number of halogens is 1. The summed E-state index contributed by atoms with van der Waals surface area (Å²) in [6.45, 7) is 4.62. The molecule has 2 rings (SSSR count). The second kappa shape index (κ2) is 6.11. The van der Waals surface area contributed by atoms with Crippen molar-refractivity contribution >= 4 is 35.0 Å². The number of hydrogen-bond donors (Lipinski definition) is 0. The van der Waals surface area contributed by atoms with Crippen LogP contribution in [0.1, 0.15) is 33.1 Å². The molecule has 2 atom stereocenters. The molecule has 0 amide bonds. The Hall–Kier alpha value is 0.880. The number of rotatable bonds is 3. The Morgan fingerprint density at radius 3 is 2.89 bits per heavy atom. The van der Waals surface area contributed by atoms with Crippen molar-refractivity contribution in [2.24, 2.45) is 5.41 Å². The highest BCUT2D eigenvalue weighted by Gasteiger charge is 2.33. The fourth-order valence-electron chi connectivity index (χ4n) is 3.05. The Labute approximate surface area is 125 Å². The van der Waals surface area contributed by atoms with E-state index in [2.05, 4.69) is 46.5 Å². The summed E-state index contributed by atoms with van der Waals surface area (Å²) in [5, 5.41) is 1.35. The molecule has 0 aromatic rings. The highest BCUT2D eigenvalue weighted by molar-refractivity contribution is 9.58. The predicted octanol–water partition coefficient (Wildman–Crippen LogP) is 4.96. The zero-order valence-corrected chi connectivity index (χ0v) is 14.9. The lowest BCUT2D eigenvalue weighted by molar-refractivity contribution is 0.0196. The summed E-state index contributed by atoms with van der Waals surface area (Å²) in [6.07, 6.45) is 6.70. The smallest absolute Gasteiger partial charge is 0.0659 e. The first-order valence-corrected chi connectivity index (χ1v) is 11.9. The fraction of sp³-hybridized carbons (Fsp3) is 0.857. The van der Waals surface area contributed by atoms with Crippen molar-refractivity contribution < 1.29 is 4.74 Å². The molecule has 0 N–H and O–H groups in total. The van der Waals surface area contributed by atoms with Crippen LogP contribution in [-0.4, -0.2) is 35.6 Å². The van der Waals surface area contributed by atoms with E-state index in [0.717, 1.165) is 0 Å². The SMILES string of the molecule is CO[C@@H]1CCC(CS2(Br)CCCSC2)=CC1(C)C. The van der Waals surface area contributed by atoms with Crippen LogP contribution in [0.2, 0.25) is 0 Å². The Kier molecular flexibility index (Phi) is 5.18. The first-order valence-electron chi connectivity index (χ1n) is 6.72. The first kappa shape index (κ1) is 15.3. The highest BCUT2D eigenvalue weighted by atomic mass is 79.9. The summed E-state index contributed by atoms with van der Waals surface area (Å²) < 4.78 is 5.62. The van der Waals surface area contributed by atoms with Crippen molar-refractivity contribution in [2.45, 2.75) is 39.2 Å². The maximum Gasteiger partial charge on any atom is 0.0659 e. The van der Waals surface area contributed by atoms with E-state index in [-0.39, 0.29) is 5.41 Å². The number of hydrogen-bond acceptors (Lipinski definition) is 2. The van der Waals surface area contributed by atoms with Crippen LogP contribution in [0, 0.1) is 5.41 Å². The lowest BCUT2D eigenvalue weighted by Gasteiger charge is -2.41. The van der Waals surface area contributed by atoms with Crippen molar-refractivity contribution in [3.63, 3.8) is 0 Å². The Bertz CT molecular complexity index is 322. The topological polar surface area (TPSA) is 9.23 Å². The number of thioether (sulfide) groups is 1. The second-order valence-electron chi connectivity index (χ2n) is 6.05. The van der Waals surface area contributed by atoms with Gasteiger partial charge >= 0.3 is 0 Å². The molecule has 106 valence electrons. The summed E-state index contributed by atoms with van der Waals surface area (Å²) in [4.78, 5) is 0. The minimum atomic E-state index is -0.548. The molecule has 2 aliphatic rings. The Balaban J connectivity index is 2.03. The van der Waals surface area contributed by atoms with Gasteiger partial charge in [-0.05, 0) is 45.6 Å². The molecule has 1 aliphatic carbocycles. The van der Waals surface area contributed by atoms with E-state index in [1.165, 1.54) is 41.6 Å². The third-order valence-corrected chi connectivity index (χ3v) is 12.1. The van der Waals surface area contributed by atoms with Gasteiger partial charge in [0.25, 0.3) is 0 Å². The Morgan fingerprint density at radius 1 is 1.56 bits per heavy atom. The first-order chi connectivity index (χ1) is 8.45. The van der Waals surface area contributed by atoms with Crippen molar-refractivity contribution in [3.8, 4) is 0 Å². The molecule has 0 aromatic carbocycles. The number of methoxy groups -OCH3 is 1. The van der Waals surface area contributed by atoms with Gasteiger partial charge in [-0.3, -0.25) is 0 Å². The van der Waals surface area contributed by atoms with Crippen molar-refractivity contribution in [2.75, 3.05) is 29.5 Å². The second-order valence-corrected chi connectivity index (χ2v) is 14.5. The minimum absolute atomic E-state index is 0.201. The van der Waals surface area contributed by atoms with E-state index in [1.807, 2.05) is 7.11 Å². The molecule has 1 saturated heterocycles. The van der Waals surface area contributed by atoms with E-state index in [9.17, 15) is 0 Å². The van der Waals surface area contributed by atoms with E-state index in [1.54, 1.807) is 5.57 Å². The standard InChI is InChI=1S/C14H25BrOS2/c1-14(2)9-12(5-6-13(14)16-3)10-18(15)8-4-7-17-11-18/h9,13H,4-8,10-11H2,1-3H3/t13-/m1/s1. The normalized spacial score (nSPS) is 39.8. The van der Waals surface area contributed by atoms with Gasteiger partial charge in [0.1, 0.15) is 0 Å². The molecule has 1 unspecified atom stereocenters. The maximum absolute atomic E-state index is 5.62. The largest absolute Gasteiger partial charge is 0.381 e. The van der Waals surface area contributed by atoms with Crippen LogP contribution in [0.5, 0.6) is 0 Å². The summed E-state index contributed by atoms with van der Waals surface area (Å²) in [5.74, 6) is 4.07. The summed E-state index contributed by atoms with van der Waals surface area (Å²) in [7, 11) is 1.30. The highest BCUT2D eigenvalue weighted by Crippen LogP contribution is 2.62. The third-order valence-electron chi connectivity index (χ3n) is 3.96. The van der Waals surface area contributed by atoms with E-state index in [0.29, 0.717) is 6.10 Å². The molecule has 1 heterocycles. The van der Waals surface area contributed by atoms with Crippen LogP contribution in [0.25, 0.3) is 0 Å². The van der Waals surface area contributed by atoms with Gasteiger partial charge < -0.3 is 4.74 Å². The van der Waals surface area contributed by atoms with E-state index in [4.69, 9.17) is 4.74 Å². The van der Waals surface area contributed by atoms with Crippen LogP contribution in [0.4, 0.5) is 0 Å². The van der Waals surface area contributed by atoms with Gasteiger partial charge in [-0.15, -0.1) is 0 Å². The average Bonchev–Trinajstić information content (AvgIpc) is 2.28. The van der Waals surface area contributed by atoms with Crippen molar-refractivity contribution in [1.82, 2.24) is 0 Å². The van der Waals surface area contributed by atoms with Gasteiger partial charge in [-0.1, -0.05) is 25.5 Å². The molecular formula is C14H25BrOS2. The van der Waals surface area contributed by atoms with Gasteiger partial charge in [-0.2, -0.15) is 20.2 Å². The zero-order valence-electron chi connectivity index (χ0n) is 11.7. The molecule has 0 radical (unpaired) electrons. The summed E-state index contributed by atoms with van der Waals surface area (Å²) in [5.41, 5.74) is 1.87.